The highest BCUT2D eigenvalue weighted by atomic mass is 16.5. The minimum absolute atomic E-state index is 0.214. The van der Waals surface area contributed by atoms with Gasteiger partial charge in [0.15, 0.2) is 0 Å². The van der Waals surface area contributed by atoms with Gasteiger partial charge in [-0.3, -0.25) is 4.98 Å². The molecule has 2 aliphatic rings. The number of hydrogen-bond acceptors (Lipinski definition) is 3. The number of hydrogen-bond donors (Lipinski definition) is 1. The van der Waals surface area contributed by atoms with Gasteiger partial charge in [0.2, 0.25) is 0 Å². The number of rotatable bonds is 2. The summed E-state index contributed by atoms with van der Waals surface area (Å²) in [7, 11) is 0. The molecule has 0 radical (unpaired) electrons. The van der Waals surface area contributed by atoms with Crippen molar-refractivity contribution in [2.24, 2.45) is 11.7 Å². The van der Waals surface area contributed by atoms with Crippen molar-refractivity contribution in [3.05, 3.63) is 29.6 Å². The van der Waals surface area contributed by atoms with Crippen LogP contribution in [0.25, 0.3) is 0 Å². The minimum Gasteiger partial charge on any atom is -0.381 e. The predicted octanol–water partition coefficient (Wildman–Crippen LogP) is 1.87. The van der Waals surface area contributed by atoms with Crippen molar-refractivity contribution in [3.8, 4) is 0 Å². The molecule has 0 saturated carbocycles. The van der Waals surface area contributed by atoms with Crippen LogP contribution in [-0.2, 0) is 11.2 Å². The van der Waals surface area contributed by atoms with Crippen molar-refractivity contribution in [2.75, 3.05) is 13.2 Å². The summed E-state index contributed by atoms with van der Waals surface area (Å²) in [5.41, 5.74) is 9.08. The molecule has 3 heteroatoms. The average molecular weight is 232 g/mol. The largest absolute Gasteiger partial charge is 0.381 e. The van der Waals surface area contributed by atoms with E-state index in [1.165, 1.54) is 17.7 Å². The monoisotopic (exact) mass is 232 g/mol. The smallest absolute Gasteiger partial charge is 0.0509 e. The highest BCUT2D eigenvalue weighted by Gasteiger charge is 2.34. The second kappa shape index (κ2) is 4.75. The number of pyridine rings is 1. The lowest BCUT2D eigenvalue weighted by Crippen LogP contribution is -2.40. The molecule has 2 N–H and O–H groups in total. The molecule has 1 fully saturated rings. The molecule has 3 atom stereocenters. The highest BCUT2D eigenvalue weighted by Crippen LogP contribution is 2.36. The summed E-state index contributed by atoms with van der Waals surface area (Å²) < 4.78 is 5.55. The number of nitrogens with zero attached hydrogens (tertiary/aromatic N) is 1. The van der Waals surface area contributed by atoms with E-state index in [4.69, 9.17) is 10.5 Å². The Bertz CT molecular complexity index is 388. The molecular weight excluding hydrogens is 212 g/mol. The topological polar surface area (TPSA) is 48.1 Å². The second-order valence-electron chi connectivity index (χ2n) is 5.25. The molecule has 3 nitrogen and oxygen atoms in total. The van der Waals surface area contributed by atoms with Gasteiger partial charge < -0.3 is 10.5 Å². The van der Waals surface area contributed by atoms with E-state index in [1.54, 1.807) is 0 Å². The molecule has 92 valence electrons. The molecule has 1 aliphatic heterocycles. The third-order valence-electron chi connectivity index (χ3n) is 4.21. The van der Waals surface area contributed by atoms with Crippen molar-refractivity contribution in [3.63, 3.8) is 0 Å². The van der Waals surface area contributed by atoms with Gasteiger partial charge in [-0.1, -0.05) is 6.07 Å². The van der Waals surface area contributed by atoms with Crippen molar-refractivity contribution in [1.82, 2.24) is 4.98 Å². The zero-order valence-electron chi connectivity index (χ0n) is 10.1. The third-order valence-corrected chi connectivity index (χ3v) is 4.21. The molecule has 1 aromatic heterocycles. The van der Waals surface area contributed by atoms with E-state index in [-0.39, 0.29) is 6.04 Å². The zero-order chi connectivity index (χ0) is 11.7. The fourth-order valence-electron chi connectivity index (χ4n) is 3.22. The van der Waals surface area contributed by atoms with Crippen LogP contribution in [0.15, 0.2) is 18.3 Å². The summed E-state index contributed by atoms with van der Waals surface area (Å²) >= 11 is 0. The summed E-state index contributed by atoms with van der Waals surface area (Å²) in [6.45, 7) is 1.74. The first-order valence-electron chi connectivity index (χ1n) is 6.63. The number of nitrogens with two attached hydrogens (primary N) is 1. The molecule has 0 bridgehead atoms. The highest BCUT2D eigenvalue weighted by molar-refractivity contribution is 5.30. The molecule has 1 aromatic rings. The molecule has 0 spiro atoms. The van der Waals surface area contributed by atoms with Crippen molar-refractivity contribution in [2.45, 2.75) is 37.6 Å². The van der Waals surface area contributed by atoms with Crippen LogP contribution >= 0.6 is 0 Å². The summed E-state index contributed by atoms with van der Waals surface area (Å²) in [6, 6.07) is 4.43. The fourth-order valence-corrected chi connectivity index (χ4v) is 3.22. The SMILES string of the molecule is NC(C1CCCOC1)C1CCc2cccnc21. The van der Waals surface area contributed by atoms with Gasteiger partial charge in [-0.2, -0.15) is 0 Å². The van der Waals surface area contributed by atoms with Crippen molar-refractivity contribution < 1.29 is 4.74 Å². The first kappa shape index (κ1) is 11.2. The van der Waals surface area contributed by atoms with Gasteiger partial charge in [-0.15, -0.1) is 0 Å². The molecule has 2 heterocycles. The van der Waals surface area contributed by atoms with Gasteiger partial charge in [0.1, 0.15) is 0 Å². The lowest BCUT2D eigenvalue weighted by atomic mass is 9.84. The Labute approximate surface area is 102 Å². The van der Waals surface area contributed by atoms with Gasteiger partial charge in [0.05, 0.1) is 6.61 Å². The van der Waals surface area contributed by atoms with Gasteiger partial charge in [-0.05, 0) is 43.2 Å². The molecule has 0 aromatic carbocycles. The van der Waals surface area contributed by atoms with Crippen LogP contribution in [0.3, 0.4) is 0 Å². The normalized spacial score (nSPS) is 29.9. The summed E-state index contributed by atoms with van der Waals surface area (Å²) in [4.78, 5) is 4.54. The van der Waals surface area contributed by atoms with Crippen LogP contribution in [0.4, 0.5) is 0 Å². The maximum atomic E-state index is 6.45. The van der Waals surface area contributed by atoms with Crippen LogP contribution in [0.5, 0.6) is 0 Å². The Morgan fingerprint density at radius 2 is 2.35 bits per heavy atom. The Morgan fingerprint density at radius 3 is 3.18 bits per heavy atom. The zero-order valence-corrected chi connectivity index (χ0v) is 10.1. The van der Waals surface area contributed by atoms with Crippen molar-refractivity contribution in [1.29, 1.82) is 0 Å². The molecule has 3 rings (SSSR count). The molecule has 0 amide bonds. The molecule has 1 saturated heterocycles. The molecule has 17 heavy (non-hydrogen) atoms. The van der Waals surface area contributed by atoms with E-state index < -0.39 is 0 Å². The van der Waals surface area contributed by atoms with E-state index in [0.717, 1.165) is 32.5 Å². The van der Waals surface area contributed by atoms with E-state index >= 15 is 0 Å². The number of aromatic nitrogens is 1. The first-order chi connectivity index (χ1) is 8.36. The lowest BCUT2D eigenvalue weighted by Gasteiger charge is -2.31. The number of fused-ring (bicyclic) bond motifs is 1. The Balaban J connectivity index is 1.76. The molecule has 1 aliphatic carbocycles. The van der Waals surface area contributed by atoms with Crippen molar-refractivity contribution >= 4 is 0 Å². The third kappa shape index (κ3) is 2.09. The average Bonchev–Trinajstić information content (AvgIpc) is 2.83. The molecule has 3 unspecified atom stereocenters. The summed E-state index contributed by atoms with van der Waals surface area (Å²) in [6.07, 6.45) is 6.54. The Kier molecular flexibility index (Phi) is 3.12. The Hall–Kier alpha value is -0.930. The maximum absolute atomic E-state index is 6.45. The first-order valence-corrected chi connectivity index (χ1v) is 6.63. The quantitative estimate of drug-likeness (QED) is 0.846. The van der Waals surface area contributed by atoms with E-state index in [2.05, 4.69) is 11.1 Å². The van der Waals surface area contributed by atoms with E-state index in [1.807, 2.05) is 12.3 Å². The number of ether oxygens (including phenoxy) is 1. The van der Waals surface area contributed by atoms with E-state index in [9.17, 15) is 0 Å². The van der Waals surface area contributed by atoms with Gasteiger partial charge in [0.25, 0.3) is 0 Å². The molecular formula is C14H20N2O. The lowest BCUT2D eigenvalue weighted by molar-refractivity contribution is 0.0410. The number of aryl methyl sites for hydroxylation is 1. The summed E-state index contributed by atoms with van der Waals surface area (Å²) in [5, 5.41) is 0. The van der Waals surface area contributed by atoms with Crippen LogP contribution in [0.1, 0.15) is 36.4 Å². The standard InChI is InChI=1S/C14H20N2O/c15-13(11-4-2-8-17-9-11)12-6-5-10-3-1-7-16-14(10)12/h1,3,7,11-13H,2,4-6,8-9,15H2. The van der Waals surface area contributed by atoms with Crippen LogP contribution in [0.2, 0.25) is 0 Å². The maximum Gasteiger partial charge on any atom is 0.0509 e. The van der Waals surface area contributed by atoms with Gasteiger partial charge in [0, 0.05) is 30.5 Å². The Morgan fingerprint density at radius 1 is 1.41 bits per heavy atom. The van der Waals surface area contributed by atoms with Crippen LogP contribution in [0, 0.1) is 5.92 Å². The van der Waals surface area contributed by atoms with E-state index in [0.29, 0.717) is 11.8 Å². The summed E-state index contributed by atoms with van der Waals surface area (Å²) in [5.74, 6) is 0.958. The van der Waals surface area contributed by atoms with Gasteiger partial charge in [-0.25, -0.2) is 0 Å². The van der Waals surface area contributed by atoms with Crippen LogP contribution < -0.4 is 5.73 Å². The predicted molar refractivity (Wildman–Crippen MR) is 66.8 cm³/mol. The van der Waals surface area contributed by atoms with Gasteiger partial charge >= 0.3 is 0 Å². The van der Waals surface area contributed by atoms with Crippen LogP contribution in [-0.4, -0.2) is 24.2 Å². The minimum atomic E-state index is 0.214. The fraction of sp³-hybridized carbons (Fsp3) is 0.643. The second-order valence-corrected chi connectivity index (χ2v) is 5.25.